The van der Waals surface area contributed by atoms with Crippen LogP contribution in [0, 0.1) is 0 Å². The van der Waals surface area contributed by atoms with Gasteiger partial charge in [0, 0.05) is 6.54 Å². The zero-order chi connectivity index (χ0) is 11.8. The molecular formula is C12H13N3O2. The van der Waals surface area contributed by atoms with Crippen LogP contribution >= 0.6 is 0 Å². The number of carboxylic acids is 1. The molecule has 1 aliphatic rings. The van der Waals surface area contributed by atoms with Gasteiger partial charge in [-0.05, 0) is 25.0 Å². The summed E-state index contributed by atoms with van der Waals surface area (Å²) in [6.45, 7) is 0.747. The normalized spacial score (nSPS) is 20.0. The Kier molecular flexibility index (Phi) is 2.24. The van der Waals surface area contributed by atoms with Gasteiger partial charge in [-0.15, -0.1) is 0 Å². The summed E-state index contributed by atoms with van der Waals surface area (Å²) >= 11 is 0. The molecule has 5 nitrogen and oxygen atoms in total. The molecule has 2 aromatic rings. The number of hydrogen-bond acceptors (Lipinski definition) is 3. The second kappa shape index (κ2) is 3.76. The van der Waals surface area contributed by atoms with Crippen molar-refractivity contribution in [3.05, 3.63) is 24.3 Å². The number of para-hydroxylation sites is 2. The fourth-order valence-electron chi connectivity index (χ4n) is 2.35. The predicted molar refractivity (Wildman–Crippen MR) is 64.1 cm³/mol. The van der Waals surface area contributed by atoms with Crippen molar-refractivity contribution in [3.63, 3.8) is 0 Å². The largest absolute Gasteiger partial charge is 0.480 e. The zero-order valence-electron chi connectivity index (χ0n) is 9.26. The summed E-state index contributed by atoms with van der Waals surface area (Å²) in [4.78, 5) is 20.6. The van der Waals surface area contributed by atoms with E-state index in [2.05, 4.69) is 9.97 Å². The third kappa shape index (κ3) is 1.63. The van der Waals surface area contributed by atoms with E-state index >= 15 is 0 Å². The molecule has 0 unspecified atom stereocenters. The Balaban J connectivity index is 2.00. The van der Waals surface area contributed by atoms with Crippen molar-refractivity contribution in [3.8, 4) is 0 Å². The smallest absolute Gasteiger partial charge is 0.326 e. The Morgan fingerprint density at radius 2 is 2.29 bits per heavy atom. The quantitative estimate of drug-likeness (QED) is 0.824. The van der Waals surface area contributed by atoms with Crippen LogP contribution in [0.5, 0.6) is 0 Å². The summed E-state index contributed by atoms with van der Waals surface area (Å²) in [5, 5.41) is 9.14. The topological polar surface area (TPSA) is 69.2 Å². The highest BCUT2D eigenvalue weighted by atomic mass is 16.4. The first-order valence-corrected chi connectivity index (χ1v) is 5.70. The van der Waals surface area contributed by atoms with Crippen molar-refractivity contribution in [1.82, 2.24) is 9.97 Å². The van der Waals surface area contributed by atoms with Gasteiger partial charge in [0.1, 0.15) is 6.04 Å². The Morgan fingerprint density at radius 1 is 1.47 bits per heavy atom. The predicted octanol–water partition coefficient (Wildman–Crippen LogP) is 1.62. The van der Waals surface area contributed by atoms with Gasteiger partial charge >= 0.3 is 5.97 Å². The number of anilines is 1. The van der Waals surface area contributed by atoms with E-state index in [-0.39, 0.29) is 0 Å². The van der Waals surface area contributed by atoms with Crippen molar-refractivity contribution in [2.45, 2.75) is 18.9 Å². The van der Waals surface area contributed by atoms with Crippen LogP contribution in [0.2, 0.25) is 0 Å². The number of carbonyl (C=O) groups is 1. The SMILES string of the molecule is O=C(O)[C@H]1CCCN1c1nc2ccccc2[nH]1. The lowest BCUT2D eigenvalue weighted by molar-refractivity contribution is -0.138. The van der Waals surface area contributed by atoms with Crippen LogP contribution in [-0.2, 0) is 4.79 Å². The molecule has 0 aliphatic carbocycles. The molecule has 1 fully saturated rings. The molecule has 2 N–H and O–H groups in total. The molecule has 2 heterocycles. The highest BCUT2D eigenvalue weighted by molar-refractivity contribution is 5.81. The van der Waals surface area contributed by atoms with Crippen molar-refractivity contribution in [1.29, 1.82) is 0 Å². The van der Waals surface area contributed by atoms with E-state index < -0.39 is 12.0 Å². The summed E-state index contributed by atoms with van der Waals surface area (Å²) in [5.74, 6) is -0.112. The minimum absolute atomic E-state index is 0.449. The number of H-pyrrole nitrogens is 1. The highest BCUT2D eigenvalue weighted by Crippen LogP contribution is 2.25. The van der Waals surface area contributed by atoms with Crippen molar-refractivity contribution in [2.24, 2.45) is 0 Å². The molecule has 0 spiro atoms. The van der Waals surface area contributed by atoms with Crippen LogP contribution in [0.15, 0.2) is 24.3 Å². The molecule has 5 heteroatoms. The molecule has 0 amide bonds. The maximum Gasteiger partial charge on any atom is 0.326 e. The van der Waals surface area contributed by atoms with Crippen LogP contribution in [0.1, 0.15) is 12.8 Å². The number of nitrogens with one attached hydrogen (secondary N) is 1. The van der Waals surface area contributed by atoms with Gasteiger partial charge in [0.25, 0.3) is 0 Å². The number of imidazole rings is 1. The molecule has 0 radical (unpaired) electrons. The van der Waals surface area contributed by atoms with Gasteiger partial charge in [0.05, 0.1) is 11.0 Å². The molecule has 0 bridgehead atoms. The minimum Gasteiger partial charge on any atom is -0.480 e. The summed E-state index contributed by atoms with van der Waals surface area (Å²) in [7, 11) is 0. The Bertz CT molecular complexity index is 531. The Hall–Kier alpha value is -2.04. The second-order valence-corrected chi connectivity index (χ2v) is 4.27. The van der Waals surface area contributed by atoms with Gasteiger partial charge in [-0.3, -0.25) is 0 Å². The number of aliphatic carboxylic acids is 1. The van der Waals surface area contributed by atoms with E-state index in [0.29, 0.717) is 12.4 Å². The highest BCUT2D eigenvalue weighted by Gasteiger charge is 2.32. The third-order valence-electron chi connectivity index (χ3n) is 3.19. The van der Waals surface area contributed by atoms with E-state index in [4.69, 9.17) is 5.11 Å². The van der Waals surface area contributed by atoms with Gasteiger partial charge < -0.3 is 15.0 Å². The second-order valence-electron chi connectivity index (χ2n) is 4.27. The number of aromatic amines is 1. The number of carboxylic acid groups (broad SMARTS) is 1. The van der Waals surface area contributed by atoms with Crippen molar-refractivity contribution >= 4 is 23.0 Å². The molecule has 1 atom stereocenters. The first-order valence-electron chi connectivity index (χ1n) is 5.70. The summed E-state index contributed by atoms with van der Waals surface area (Å²) in [6.07, 6.45) is 1.58. The van der Waals surface area contributed by atoms with E-state index in [1.807, 2.05) is 29.2 Å². The number of benzene rings is 1. The lowest BCUT2D eigenvalue weighted by atomic mass is 10.2. The van der Waals surface area contributed by atoms with E-state index in [9.17, 15) is 4.79 Å². The molecule has 88 valence electrons. The van der Waals surface area contributed by atoms with Crippen LogP contribution in [0.25, 0.3) is 11.0 Å². The fraction of sp³-hybridized carbons (Fsp3) is 0.333. The number of nitrogens with zero attached hydrogens (tertiary/aromatic N) is 2. The van der Waals surface area contributed by atoms with Gasteiger partial charge in [-0.1, -0.05) is 12.1 Å². The average Bonchev–Trinajstić information content (AvgIpc) is 2.95. The van der Waals surface area contributed by atoms with Crippen molar-refractivity contribution < 1.29 is 9.90 Å². The van der Waals surface area contributed by atoms with Crippen LogP contribution in [-0.4, -0.2) is 33.6 Å². The first kappa shape index (κ1) is 10.1. The Morgan fingerprint density at radius 3 is 3.06 bits per heavy atom. The first-order chi connectivity index (χ1) is 8.25. The summed E-state index contributed by atoms with van der Waals surface area (Å²) in [6, 6.07) is 7.27. The Labute approximate surface area is 98.1 Å². The molecule has 1 aromatic heterocycles. The fourth-order valence-corrected chi connectivity index (χ4v) is 2.35. The zero-order valence-corrected chi connectivity index (χ0v) is 9.26. The van der Waals surface area contributed by atoms with Crippen LogP contribution < -0.4 is 4.90 Å². The van der Waals surface area contributed by atoms with Gasteiger partial charge in [-0.25, -0.2) is 9.78 Å². The van der Waals surface area contributed by atoms with Crippen LogP contribution in [0.4, 0.5) is 5.95 Å². The minimum atomic E-state index is -0.775. The molecule has 17 heavy (non-hydrogen) atoms. The summed E-state index contributed by atoms with van der Waals surface area (Å²) < 4.78 is 0. The monoisotopic (exact) mass is 231 g/mol. The standard InChI is InChI=1S/C12H13N3O2/c16-11(17)10-6-3-7-15(10)12-13-8-4-1-2-5-9(8)14-12/h1-2,4-5,10H,3,6-7H2,(H,13,14)(H,16,17)/t10-/m1/s1. The molecule has 1 saturated heterocycles. The molecule has 1 aliphatic heterocycles. The average molecular weight is 231 g/mol. The number of fused-ring (bicyclic) bond motifs is 1. The van der Waals surface area contributed by atoms with Gasteiger partial charge in [0.15, 0.2) is 0 Å². The number of rotatable bonds is 2. The van der Waals surface area contributed by atoms with E-state index in [1.165, 1.54) is 0 Å². The number of aromatic nitrogens is 2. The van der Waals surface area contributed by atoms with Gasteiger partial charge in [0.2, 0.25) is 5.95 Å². The third-order valence-corrected chi connectivity index (χ3v) is 3.19. The maximum atomic E-state index is 11.1. The van der Waals surface area contributed by atoms with Crippen molar-refractivity contribution in [2.75, 3.05) is 11.4 Å². The lowest BCUT2D eigenvalue weighted by Gasteiger charge is -2.19. The van der Waals surface area contributed by atoms with Gasteiger partial charge in [-0.2, -0.15) is 0 Å². The lowest BCUT2D eigenvalue weighted by Crippen LogP contribution is -2.36. The molecule has 1 aromatic carbocycles. The molecular weight excluding hydrogens is 218 g/mol. The number of hydrogen-bond donors (Lipinski definition) is 2. The van der Waals surface area contributed by atoms with E-state index in [1.54, 1.807) is 0 Å². The maximum absolute atomic E-state index is 11.1. The van der Waals surface area contributed by atoms with E-state index in [0.717, 1.165) is 24.0 Å². The summed E-state index contributed by atoms with van der Waals surface area (Å²) in [5.41, 5.74) is 1.82. The molecule has 3 rings (SSSR count). The van der Waals surface area contributed by atoms with Crippen LogP contribution in [0.3, 0.4) is 0 Å². The molecule has 0 saturated carbocycles.